The first-order valence-corrected chi connectivity index (χ1v) is 10.2. The maximum absolute atomic E-state index is 11.4. The zero-order valence-electron chi connectivity index (χ0n) is 16.8. The van der Waals surface area contributed by atoms with Gasteiger partial charge in [-0.3, -0.25) is 0 Å². The molecule has 3 N–H and O–H groups in total. The van der Waals surface area contributed by atoms with Gasteiger partial charge in [-0.2, -0.15) is 0 Å². The van der Waals surface area contributed by atoms with Gasteiger partial charge < -0.3 is 20.1 Å². The van der Waals surface area contributed by atoms with E-state index in [1.54, 1.807) is 28.1 Å². The molecule has 1 rings (SSSR count). The van der Waals surface area contributed by atoms with Crippen LogP contribution in [-0.2, 0) is 16.6 Å². The summed E-state index contributed by atoms with van der Waals surface area (Å²) in [7, 11) is -0.0863. The van der Waals surface area contributed by atoms with Crippen molar-refractivity contribution in [3.8, 4) is 11.5 Å². The molecule has 0 saturated carbocycles. The predicted molar refractivity (Wildman–Crippen MR) is 120 cm³/mol. The second-order valence-electron chi connectivity index (χ2n) is 6.48. The van der Waals surface area contributed by atoms with Crippen molar-refractivity contribution in [3.63, 3.8) is 0 Å². The summed E-state index contributed by atoms with van der Waals surface area (Å²) in [5, 5.41) is 6.30. The number of guanidine groups is 1. The van der Waals surface area contributed by atoms with Crippen molar-refractivity contribution < 1.29 is 17.9 Å². The number of rotatable bonds is 9. The van der Waals surface area contributed by atoms with E-state index in [4.69, 9.17) is 9.47 Å². The highest BCUT2D eigenvalue weighted by molar-refractivity contribution is 14.0. The molecule has 1 aromatic rings. The Bertz CT molecular complexity index is 724. The number of ether oxygens (including phenoxy) is 2. The Balaban J connectivity index is 0.00000676. The summed E-state index contributed by atoms with van der Waals surface area (Å²) in [6.45, 7) is 7.04. The molecule has 0 saturated heterocycles. The normalized spacial score (nSPS) is 12.1. The number of aliphatic imine (C=N–C) groups is 1. The smallest absolute Gasteiger partial charge is 0.209 e. The quantitative estimate of drug-likeness (QED) is 0.264. The first-order valence-electron chi connectivity index (χ1n) is 8.32. The lowest BCUT2D eigenvalue weighted by molar-refractivity contribution is 0.391. The average Bonchev–Trinajstić information content (AvgIpc) is 2.55. The van der Waals surface area contributed by atoms with Gasteiger partial charge in [-0.15, -0.1) is 24.0 Å². The van der Waals surface area contributed by atoms with Gasteiger partial charge >= 0.3 is 0 Å². The van der Waals surface area contributed by atoms with Gasteiger partial charge in [0.1, 0.15) is 11.5 Å². The molecule has 0 aliphatic rings. The second-order valence-corrected chi connectivity index (χ2v) is 8.23. The lowest BCUT2D eigenvalue weighted by atomic mass is 10.1. The number of methoxy groups -OCH3 is 2. The average molecular weight is 514 g/mol. The molecule has 0 unspecified atom stereocenters. The summed E-state index contributed by atoms with van der Waals surface area (Å²) in [4.78, 5) is 4.54. The minimum absolute atomic E-state index is 0. The molecule has 1 aromatic carbocycles. The van der Waals surface area contributed by atoms with Crippen LogP contribution < -0.4 is 24.8 Å². The largest absolute Gasteiger partial charge is 0.497 e. The highest BCUT2D eigenvalue weighted by Crippen LogP contribution is 2.25. The van der Waals surface area contributed by atoms with Crippen molar-refractivity contribution in [3.05, 3.63) is 23.8 Å². The van der Waals surface area contributed by atoms with Crippen molar-refractivity contribution in [1.82, 2.24) is 15.4 Å². The van der Waals surface area contributed by atoms with Crippen LogP contribution in [0.1, 0.15) is 26.3 Å². The SMILES string of the molecule is CCNC(=NCc1ccc(OC)cc1OC)NCC(C)(C)NS(C)(=O)=O.I. The summed E-state index contributed by atoms with van der Waals surface area (Å²) >= 11 is 0. The Morgan fingerprint density at radius 1 is 1.19 bits per heavy atom. The van der Waals surface area contributed by atoms with E-state index in [0.29, 0.717) is 37.1 Å². The monoisotopic (exact) mass is 514 g/mol. The summed E-state index contributed by atoms with van der Waals surface area (Å²) in [6, 6.07) is 5.57. The van der Waals surface area contributed by atoms with Crippen LogP contribution >= 0.6 is 24.0 Å². The van der Waals surface area contributed by atoms with E-state index < -0.39 is 15.6 Å². The van der Waals surface area contributed by atoms with Crippen molar-refractivity contribution >= 4 is 40.0 Å². The van der Waals surface area contributed by atoms with Crippen LogP contribution in [0.25, 0.3) is 0 Å². The number of benzene rings is 1. The summed E-state index contributed by atoms with van der Waals surface area (Å²) in [5.74, 6) is 2.00. The zero-order chi connectivity index (χ0) is 19.8. The van der Waals surface area contributed by atoms with E-state index in [9.17, 15) is 8.42 Å². The third-order valence-corrected chi connectivity index (χ3v) is 4.33. The van der Waals surface area contributed by atoms with E-state index >= 15 is 0 Å². The van der Waals surface area contributed by atoms with Gasteiger partial charge in [-0.1, -0.05) is 0 Å². The van der Waals surface area contributed by atoms with Crippen LogP contribution in [0.4, 0.5) is 0 Å². The van der Waals surface area contributed by atoms with Gasteiger partial charge in [0.15, 0.2) is 5.96 Å². The number of halogens is 1. The van der Waals surface area contributed by atoms with Gasteiger partial charge in [0, 0.05) is 30.3 Å². The van der Waals surface area contributed by atoms with Crippen LogP contribution in [-0.4, -0.2) is 53.5 Å². The molecule has 0 aliphatic carbocycles. The van der Waals surface area contributed by atoms with E-state index in [1.165, 1.54) is 0 Å². The first-order chi connectivity index (χ1) is 12.1. The van der Waals surface area contributed by atoms with Crippen molar-refractivity contribution in [2.75, 3.05) is 33.6 Å². The van der Waals surface area contributed by atoms with E-state index in [2.05, 4.69) is 20.3 Å². The molecule has 27 heavy (non-hydrogen) atoms. The van der Waals surface area contributed by atoms with Gasteiger partial charge in [-0.05, 0) is 32.9 Å². The van der Waals surface area contributed by atoms with Crippen molar-refractivity contribution in [2.45, 2.75) is 32.9 Å². The second kappa shape index (κ2) is 11.5. The highest BCUT2D eigenvalue weighted by Gasteiger charge is 2.22. The fraction of sp³-hybridized carbons (Fsp3) is 0.588. The van der Waals surface area contributed by atoms with Crippen LogP contribution in [0.15, 0.2) is 23.2 Å². The standard InChI is InChI=1S/C17H30N4O4S.HI/c1-7-18-16(20-12-17(2,3)21-26(6,22)23)19-11-13-8-9-14(24-4)10-15(13)25-5;/h8-10,21H,7,11-12H2,1-6H3,(H2,18,19,20);1H. The fourth-order valence-corrected chi connectivity index (χ4v) is 3.41. The van der Waals surface area contributed by atoms with Crippen molar-refractivity contribution in [1.29, 1.82) is 0 Å². The number of hydrogen-bond donors (Lipinski definition) is 3. The van der Waals surface area contributed by atoms with Crippen LogP contribution in [0.3, 0.4) is 0 Å². The molecular formula is C17H31IN4O4S. The van der Waals surface area contributed by atoms with E-state index in [0.717, 1.165) is 11.8 Å². The summed E-state index contributed by atoms with van der Waals surface area (Å²) < 4.78 is 36.1. The molecule has 0 amide bonds. The molecule has 0 atom stereocenters. The molecule has 0 heterocycles. The highest BCUT2D eigenvalue weighted by atomic mass is 127. The van der Waals surface area contributed by atoms with Gasteiger partial charge in [0.25, 0.3) is 0 Å². The Hall–Kier alpha value is -1.27. The van der Waals surface area contributed by atoms with Crippen LogP contribution in [0.2, 0.25) is 0 Å². The maximum atomic E-state index is 11.4. The Morgan fingerprint density at radius 2 is 1.85 bits per heavy atom. The number of hydrogen-bond acceptors (Lipinski definition) is 5. The maximum Gasteiger partial charge on any atom is 0.209 e. The number of sulfonamides is 1. The lowest BCUT2D eigenvalue weighted by Crippen LogP contribution is -2.53. The lowest BCUT2D eigenvalue weighted by Gasteiger charge is -2.26. The molecule has 0 fully saturated rings. The number of nitrogens with one attached hydrogen (secondary N) is 3. The van der Waals surface area contributed by atoms with E-state index in [1.807, 2.05) is 25.1 Å². The predicted octanol–water partition coefficient (Wildman–Crippen LogP) is 1.70. The molecule has 8 nitrogen and oxygen atoms in total. The molecular weight excluding hydrogens is 483 g/mol. The molecule has 0 bridgehead atoms. The molecule has 0 spiro atoms. The van der Waals surface area contributed by atoms with Crippen molar-refractivity contribution in [2.24, 2.45) is 4.99 Å². The van der Waals surface area contributed by atoms with Gasteiger partial charge in [0.2, 0.25) is 10.0 Å². The molecule has 156 valence electrons. The molecule has 0 radical (unpaired) electrons. The Kier molecular flexibility index (Phi) is 11.0. The third-order valence-electron chi connectivity index (χ3n) is 3.41. The fourth-order valence-electron chi connectivity index (χ4n) is 2.33. The Labute approximate surface area is 179 Å². The zero-order valence-corrected chi connectivity index (χ0v) is 19.9. The first kappa shape index (κ1) is 25.7. The minimum atomic E-state index is -3.29. The molecule has 0 aromatic heterocycles. The van der Waals surface area contributed by atoms with Gasteiger partial charge in [-0.25, -0.2) is 18.1 Å². The van der Waals surface area contributed by atoms with Crippen LogP contribution in [0.5, 0.6) is 11.5 Å². The third kappa shape index (κ3) is 10.0. The minimum Gasteiger partial charge on any atom is -0.497 e. The topological polar surface area (TPSA) is 101 Å². The van der Waals surface area contributed by atoms with Crippen LogP contribution in [0, 0.1) is 0 Å². The molecule has 0 aliphatic heterocycles. The summed E-state index contributed by atoms with van der Waals surface area (Å²) in [5.41, 5.74) is 0.265. The summed E-state index contributed by atoms with van der Waals surface area (Å²) in [6.07, 6.45) is 1.14. The number of nitrogens with zero attached hydrogens (tertiary/aromatic N) is 1. The van der Waals surface area contributed by atoms with Gasteiger partial charge in [0.05, 0.1) is 27.0 Å². The van der Waals surface area contributed by atoms with E-state index in [-0.39, 0.29) is 24.0 Å². The molecule has 10 heteroatoms. The Morgan fingerprint density at radius 3 is 2.37 bits per heavy atom.